The third kappa shape index (κ3) is 5.65. The Bertz CT molecular complexity index is 509. The lowest BCUT2D eigenvalue weighted by Crippen LogP contribution is -2.26. The third-order valence-corrected chi connectivity index (χ3v) is 4.96. The Labute approximate surface area is 154 Å². The molecule has 9 heteroatoms. The van der Waals surface area contributed by atoms with Crippen LogP contribution in [0.2, 0.25) is 0 Å². The highest BCUT2D eigenvalue weighted by atomic mass is 16.7. The predicted octanol–water partition coefficient (Wildman–Crippen LogP) is 1.55. The molecule has 0 radical (unpaired) electrons. The van der Waals surface area contributed by atoms with Crippen LogP contribution in [-0.4, -0.2) is 68.6 Å². The molecule has 1 aromatic rings. The number of hydroxylamine groups is 1. The largest absolute Gasteiger partial charge is 0.381 e. The summed E-state index contributed by atoms with van der Waals surface area (Å²) in [7, 11) is 3.37. The Kier molecular flexibility index (Phi) is 7.22. The molecule has 0 spiro atoms. The summed E-state index contributed by atoms with van der Waals surface area (Å²) in [5, 5.41) is 8.23. The molecule has 2 aliphatic heterocycles. The highest BCUT2D eigenvalue weighted by Gasteiger charge is 2.17. The van der Waals surface area contributed by atoms with E-state index in [1.165, 1.54) is 5.06 Å². The van der Waals surface area contributed by atoms with Crippen molar-refractivity contribution in [3.05, 3.63) is 0 Å². The van der Waals surface area contributed by atoms with Gasteiger partial charge in [-0.15, -0.1) is 0 Å². The van der Waals surface area contributed by atoms with Gasteiger partial charge in [-0.1, -0.05) is 0 Å². The second-order valence-corrected chi connectivity index (χ2v) is 6.84. The molecule has 3 rings (SSSR count). The van der Waals surface area contributed by atoms with Gasteiger partial charge in [0.25, 0.3) is 5.95 Å². The second kappa shape index (κ2) is 9.84. The highest BCUT2D eigenvalue weighted by Crippen LogP contribution is 2.19. The van der Waals surface area contributed by atoms with Gasteiger partial charge in [-0.2, -0.15) is 15.0 Å². The number of nitrogens with zero attached hydrogens (tertiary/aromatic N) is 4. The van der Waals surface area contributed by atoms with Crippen LogP contribution < -0.4 is 15.7 Å². The van der Waals surface area contributed by atoms with E-state index in [0.717, 1.165) is 65.2 Å². The van der Waals surface area contributed by atoms with Crippen LogP contribution in [-0.2, 0) is 14.3 Å². The monoisotopic (exact) mass is 366 g/mol. The van der Waals surface area contributed by atoms with Gasteiger partial charge < -0.3 is 20.1 Å². The first-order valence-corrected chi connectivity index (χ1v) is 9.41. The first-order valence-electron chi connectivity index (χ1n) is 9.41. The summed E-state index contributed by atoms with van der Waals surface area (Å²) in [5.41, 5.74) is 0. The molecule has 0 atom stereocenters. The minimum absolute atomic E-state index is 0.478. The van der Waals surface area contributed by atoms with Crippen molar-refractivity contribution in [2.45, 2.75) is 25.7 Å². The minimum atomic E-state index is 0.478. The zero-order valence-electron chi connectivity index (χ0n) is 15.7. The lowest BCUT2D eigenvalue weighted by atomic mass is 10.0. The molecule has 0 bridgehead atoms. The third-order valence-electron chi connectivity index (χ3n) is 4.96. The predicted molar refractivity (Wildman–Crippen MR) is 99.3 cm³/mol. The molecular formula is C17H30N6O3. The molecular weight excluding hydrogens is 336 g/mol. The SMILES string of the molecule is CON(C)c1nc(NCC2CCOCC2)nc(NCC2CCOCC2)n1. The minimum Gasteiger partial charge on any atom is -0.381 e. The van der Waals surface area contributed by atoms with Gasteiger partial charge in [-0.3, -0.25) is 4.84 Å². The average Bonchev–Trinajstić information content (AvgIpc) is 2.71. The molecule has 146 valence electrons. The number of hydrogen-bond donors (Lipinski definition) is 2. The first-order chi connectivity index (χ1) is 12.7. The van der Waals surface area contributed by atoms with E-state index < -0.39 is 0 Å². The average molecular weight is 366 g/mol. The summed E-state index contributed by atoms with van der Waals surface area (Å²) in [6.07, 6.45) is 4.27. The molecule has 9 nitrogen and oxygen atoms in total. The zero-order chi connectivity index (χ0) is 18.2. The quantitative estimate of drug-likeness (QED) is 0.665. The summed E-state index contributed by atoms with van der Waals surface area (Å²) >= 11 is 0. The van der Waals surface area contributed by atoms with Gasteiger partial charge in [0.05, 0.1) is 7.11 Å². The summed E-state index contributed by atoms with van der Waals surface area (Å²) in [6.45, 7) is 5.00. The molecule has 2 aliphatic rings. The van der Waals surface area contributed by atoms with E-state index in [2.05, 4.69) is 25.6 Å². The molecule has 0 amide bonds. The number of hydrogen-bond acceptors (Lipinski definition) is 9. The number of nitrogens with one attached hydrogen (secondary N) is 2. The molecule has 2 saturated heterocycles. The van der Waals surface area contributed by atoms with Crippen molar-refractivity contribution in [1.82, 2.24) is 15.0 Å². The fourth-order valence-corrected chi connectivity index (χ4v) is 3.12. The van der Waals surface area contributed by atoms with E-state index in [-0.39, 0.29) is 0 Å². The summed E-state index contributed by atoms with van der Waals surface area (Å²) in [5.74, 6) is 2.79. The van der Waals surface area contributed by atoms with Crippen LogP contribution in [0.1, 0.15) is 25.7 Å². The Morgan fingerprint density at radius 2 is 1.35 bits per heavy atom. The maximum absolute atomic E-state index is 5.41. The number of aromatic nitrogens is 3. The smallest absolute Gasteiger partial charge is 0.256 e. The summed E-state index contributed by atoms with van der Waals surface area (Å²) in [4.78, 5) is 18.7. The van der Waals surface area contributed by atoms with Crippen LogP contribution in [0.5, 0.6) is 0 Å². The van der Waals surface area contributed by atoms with Gasteiger partial charge in [0.2, 0.25) is 11.9 Å². The van der Waals surface area contributed by atoms with Gasteiger partial charge in [0.1, 0.15) is 0 Å². The van der Waals surface area contributed by atoms with Crippen LogP contribution in [0.15, 0.2) is 0 Å². The molecule has 2 fully saturated rings. The normalized spacial score (nSPS) is 19.3. The molecule has 0 aliphatic carbocycles. The Morgan fingerprint density at radius 1 is 0.885 bits per heavy atom. The molecule has 26 heavy (non-hydrogen) atoms. The summed E-state index contributed by atoms with van der Waals surface area (Å²) < 4.78 is 10.8. The van der Waals surface area contributed by atoms with Crippen molar-refractivity contribution in [2.24, 2.45) is 11.8 Å². The second-order valence-electron chi connectivity index (χ2n) is 6.84. The number of rotatable bonds is 8. The van der Waals surface area contributed by atoms with Crippen molar-refractivity contribution in [1.29, 1.82) is 0 Å². The van der Waals surface area contributed by atoms with Crippen LogP contribution in [0.3, 0.4) is 0 Å². The Hall–Kier alpha value is -1.71. The first kappa shape index (κ1) is 19.1. The fraction of sp³-hybridized carbons (Fsp3) is 0.824. The van der Waals surface area contributed by atoms with E-state index >= 15 is 0 Å². The van der Waals surface area contributed by atoms with Gasteiger partial charge in [-0.05, 0) is 37.5 Å². The van der Waals surface area contributed by atoms with E-state index in [1.807, 2.05) is 0 Å². The fourth-order valence-electron chi connectivity index (χ4n) is 3.12. The topological polar surface area (TPSA) is 93.7 Å². The highest BCUT2D eigenvalue weighted by molar-refractivity contribution is 5.42. The van der Waals surface area contributed by atoms with Crippen molar-refractivity contribution in [3.63, 3.8) is 0 Å². The van der Waals surface area contributed by atoms with Crippen molar-refractivity contribution in [3.8, 4) is 0 Å². The zero-order valence-corrected chi connectivity index (χ0v) is 15.7. The van der Waals surface area contributed by atoms with Crippen LogP contribution in [0.25, 0.3) is 0 Å². The van der Waals surface area contributed by atoms with Crippen LogP contribution in [0, 0.1) is 11.8 Å². The molecule has 3 heterocycles. The Balaban J connectivity index is 1.62. The van der Waals surface area contributed by atoms with E-state index in [4.69, 9.17) is 14.3 Å². The van der Waals surface area contributed by atoms with Gasteiger partial charge in [-0.25, -0.2) is 5.06 Å². The molecule has 2 N–H and O–H groups in total. The van der Waals surface area contributed by atoms with Crippen LogP contribution >= 0.6 is 0 Å². The maximum Gasteiger partial charge on any atom is 0.256 e. The summed E-state index contributed by atoms with van der Waals surface area (Å²) in [6, 6.07) is 0. The van der Waals surface area contributed by atoms with Crippen molar-refractivity contribution < 1.29 is 14.3 Å². The molecule has 0 unspecified atom stereocenters. The van der Waals surface area contributed by atoms with Crippen LogP contribution in [0.4, 0.5) is 17.8 Å². The van der Waals surface area contributed by atoms with Crippen molar-refractivity contribution in [2.75, 3.05) is 69.4 Å². The van der Waals surface area contributed by atoms with Gasteiger partial charge in [0.15, 0.2) is 0 Å². The Morgan fingerprint density at radius 3 is 1.77 bits per heavy atom. The lowest BCUT2D eigenvalue weighted by molar-refractivity contribution is 0.0698. The number of ether oxygens (including phenoxy) is 2. The lowest BCUT2D eigenvalue weighted by Gasteiger charge is -2.23. The standard InChI is InChI=1S/C17H30N6O3/c1-23(24-2)17-21-15(18-11-13-3-7-25-8-4-13)20-16(22-17)19-12-14-5-9-26-10-6-14/h13-14H,3-12H2,1-2H3,(H2,18,19,20,21,22). The van der Waals surface area contributed by atoms with E-state index in [1.54, 1.807) is 14.2 Å². The van der Waals surface area contributed by atoms with Gasteiger partial charge >= 0.3 is 0 Å². The van der Waals surface area contributed by atoms with E-state index in [0.29, 0.717) is 29.7 Å². The van der Waals surface area contributed by atoms with E-state index in [9.17, 15) is 0 Å². The maximum atomic E-state index is 5.41. The molecule has 0 saturated carbocycles. The molecule has 0 aromatic carbocycles. The molecule has 1 aromatic heterocycles. The number of anilines is 3. The van der Waals surface area contributed by atoms with Crippen molar-refractivity contribution >= 4 is 17.8 Å². The van der Waals surface area contributed by atoms with Gasteiger partial charge in [0, 0.05) is 46.6 Å².